The largest absolute Gasteiger partial charge is 0.309 e. The van der Waals surface area contributed by atoms with Gasteiger partial charge >= 0.3 is 0 Å². The van der Waals surface area contributed by atoms with Crippen LogP contribution in [-0.2, 0) is 5.41 Å². The summed E-state index contributed by atoms with van der Waals surface area (Å²) in [6, 6.07) is 42.2. The molecule has 0 N–H and O–H groups in total. The highest BCUT2D eigenvalue weighted by Gasteiger charge is 2.35. The fraction of sp³-hybridized carbons (Fsp3) is 0.0909. The van der Waals surface area contributed by atoms with Crippen LogP contribution in [0, 0.1) is 0 Å². The number of hydrogen-bond donors (Lipinski definition) is 0. The lowest BCUT2D eigenvalue weighted by atomic mass is 9.82. The van der Waals surface area contributed by atoms with Gasteiger partial charge in [0.1, 0.15) is 0 Å². The molecule has 0 atom stereocenters. The van der Waals surface area contributed by atoms with E-state index in [1.165, 1.54) is 60.9 Å². The van der Waals surface area contributed by atoms with Gasteiger partial charge in [0.15, 0.2) is 0 Å². The number of fused-ring (bicyclic) bond motifs is 6. The van der Waals surface area contributed by atoms with E-state index in [0.29, 0.717) is 0 Å². The number of nitrogens with zero attached hydrogens (tertiary/aromatic N) is 1. The average molecular weight is 436 g/mol. The summed E-state index contributed by atoms with van der Waals surface area (Å²) in [5, 5.41) is 2.58. The van der Waals surface area contributed by atoms with Crippen molar-refractivity contribution in [2.24, 2.45) is 0 Å². The Morgan fingerprint density at radius 1 is 0.500 bits per heavy atom. The molecule has 0 spiro atoms. The zero-order valence-electron chi connectivity index (χ0n) is 19.4. The summed E-state index contributed by atoms with van der Waals surface area (Å²) in [7, 11) is 0. The van der Waals surface area contributed by atoms with Gasteiger partial charge in [0, 0.05) is 21.9 Å². The smallest absolute Gasteiger partial charge is 0.0541 e. The van der Waals surface area contributed by atoms with Crippen molar-refractivity contribution in [2.45, 2.75) is 19.3 Å². The number of rotatable bonds is 2. The van der Waals surface area contributed by atoms with Crippen LogP contribution in [0.15, 0.2) is 115 Å². The van der Waals surface area contributed by atoms with Crippen LogP contribution in [0.5, 0.6) is 0 Å². The van der Waals surface area contributed by atoms with Crippen LogP contribution in [0.2, 0.25) is 0 Å². The Balaban J connectivity index is 1.50. The van der Waals surface area contributed by atoms with Crippen LogP contribution in [0.4, 0.5) is 0 Å². The average Bonchev–Trinajstić information content (AvgIpc) is 3.33. The maximum absolute atomic E-state index is 2.42. The minimum absolute atomic E-state index is 0.0237. The van der Waals surface area contributed by atoms with Crippen LogP contribution in [0.25, 0.3) is 49.7 Å². The lowest BCUT2D eigenvalue weighted by molar-refractivity contribution is 0.660. The van der Waals surface area contributed by atoms with Gasteiger partial charge in [0.2, 0.25) is 0 Å². The molecule has 6 aromatic rings. The van der Waals surface area contributed by atoms with Gasteiger partial charge in [-0.15, -0.1) is 0 Å². The number of para-hydroxylation sites is 1. The minimum atomic E-state index is 0.0237. The van der Waals surface area contributed by atoms with E-state index in [0.717, 1.165) is 0 Å². The summed E-state index contributed by atoms with van der Waals surface area (Å²) >= 11 is 0. The molecule has 0 fully saturated rings. The Bertz CT molecular complexity index is 1720. The topological polar surface area (TPSA) is 4.93 Å². The van der Waals surface area contributed by atoms with E-state index < -0.39 is 0 Å². The van der Waals surface area contributed by atoms with Crippen molar-refractivity contribution in [3.63, 3.8) is 0 Å². The second kappa shape index (κ2) is 6.95. The van der Waals surface area contributed by atoms with Gasteiger partial charge in [0.05, 0.1) is 11.0 Å². The second-order valence-electron chi connectivity index (χ2n) is 9.85. The highest BCUT2D eigenvalue weighted by atomic mass is 15.0. The summed E-state index contributed by atoms with van der Waals surface area (Å²) < 4.78 is 2.42. The van der Waals surface area contributed by atoms with Crippen LogP contribution in [0.3, 0.4) is 0 Å². The molecule has 162 valence electrons. The Kier molecular flexibility index (Phi) is 3.96. The molecule has 1 heterocycles. The maximum Gasteiger partial charge on any atom is 0.0541 e. The number of aromatic nitrogens is 1. The molecule has 1 aromatic heterocycles. The van der Waals surface area contributed by atoms with Crippen molar-refractivity contribution < 1.29 is 0 Å². The third kappa shape index (κ3) is 2.61. The molecule has 1 aliphatic rings. The van der Waals surface area contributed by atoms with Gasteiger partial charge < -0.3 is 4.57 Å². The van der Waals surface area contributed by atoms with Gasteiger partial charge in [-0.2, -0.15) is 0 Å². The third-order valence-corrected chi connectivity index (χ3v) is 7.60. The Morgan fingerprint density at radius 3 is 2.09 bits per heavy atom. The summed E-state index contributed by atoms with van der Waals surface area (Å²) in [6.45, 7) is 4.67. The fourth-order valence-corrected chi connectivity index (χ4v) is 5.91. The summed E-state index contributed by atoms with van der Waals surface area (Å²) in [6.07, 6.45) is 0. The van der Waals surface area contributed by atoms with Crippen LogP contribution in [0.1, 0.15) is 25.0 Å². The molecule has 34 heavy (non-hydrogen) atoms. The molecule has 0 bridgehead atoms. The molecule has 5 aromatic carbocycles. The first-order valence-electron chi connectivity index (χ1n) is 12.0. The zero-order chi connectivity index (χ0) is 22.9. The van der Waals surface area contributed by atoms with Crippen molar-refractivity contribution in [3.05, 3.63) is 126 Å². The van der Waals surface area contributed by atoms with E-state index in [1.54, 1.807) is 0 Å². The quantitative estimate of drug-likeness (QED) is 0.256. The molecule has 1 aliphatic carbocycles. The summed E-state index contributed by atoms with van der Waals surface area (Å²) in [5.41, 5.74) is 11.8. The van der Waals surface area contributed by atoms with Crippen molar-refractivity contribution >= 4 is 21.8 Å². The highest BCUT2D eigenvalue weighted by molar-refractivity contribution is 6.10. The normalized spacial score (nSPS) is 13.8. The molecule has 1 heteroatoms. The van der Waals surface area contributed by atoms with Crippen molar-refractivity contribution in [1.82, 2.24) is 4.57 Å². The molecule has 1 nitrogen and oxygen atoms in total. The Morgan fingerprint density at radius 2 is 1.21 bits per heavy atom. The van der Waals surface area contributed by atoms with E-state index in [2.05, 4.69) is 134 Å². The standard InChI is InChI=1S/C33H25N/c1-33(2)29-14-8-6-12-25(29)27-21-24(17-18-30(27)33)34-31-15-9-7-13-26(31)28-20-23(16-19-32(28)34)22-10-4-3-5-11-22/h3-21H,1-2H3. The fourth-order valence-electron chi connectivity index (χ4n) is 5.91. The molecule has 0 saturated carbocycles. The van der Waals surface area contributed by atoms with Gasteiger partial charge in [0.25, 0.3) is 0 Å². The van der Waals surface area contributed by atoms with E-state index in [-0.39, 0.29) is 5.41 Å². The molecule has 0 saturated heterocycles. The first-order valence-corrected chi connectivity index (χ1v) is 12.0. The lowest BCUT2D eigenvalue weighted by Crippen LogP contribution is -2.14. The highest BCUT2D eigenvalue weighted by Crippen LogP contribution is 2.49. The monoisotopic (exact) mass is 435 g/mol. The molecule has 7 rings (SSSR count). The van der Waals surface area contributed by atoms with Crippen molar-refractivity contribution in [1.29, 1.82) is 0 Å². The predicted octanol–water partition coefficient (Wildman–Crippen LogP) is 8.76. The minimum Gasteiger partial charge on any atom is -0.309 e. The molecular weight excluding hydrogens is 410 g/mol. The van der Waals surface area contributed by atoms with Gasteiger partial charge in [-0.1, -0.05) is 98.8 Å². The number of hydrogen-bond acceptors (Lipinski definition) is 0. The SMILES string of the molecule is CC1(C)c2ccccc2-c2cc(-n3c4ccccc4c4cc(-c5ccccc5)ccc43)ccc21. The first-order chi connectivity index (χ1) is 16.6. The Hall–Kier alpha value is -4.10. The zero-order valence-corrected chi connectivity index (χ0v) is 19.4. The molecule has 0 amide bonds. The first kappa shape index (κ1) is 19.4. The summed E-state index contributed by atoms with van der Waals surface area (Å²) in [5.74, 6) is 0. The van der Waals surface area contributed by atoms with E-state index in [4.69, 9.17) is 0 Å². The predicted molar refractivity (Wildman–Crippen MR) is 144 cm³/mol. The maximum atomic E-state index is 2.42. The number of benzene rings is 5. The van der Waals surface area contributed by atoms with Crippen LogP contribution >= 0.6 is 0 Å². The molecular formula is C33H25N. The third-order valence-electron chi connectivity index (χ3n) is 7.60. The van der Waals surface area contributed by atoms with Gasteiger partial charge in [-0.25, -0.2) is 0 Å². The van der Waals surface area contributed by atoms with Gasteiger partial charge in [-0.3, -0.25) is 0 Å². The molecule has 0 radical (unpaired) electrons. The van der Waals surface area contributed by atoms with Gasteiger partial charge in [-0.05, 0) is 63.7 Å². The molecule has 0 aliphatic heterocycles. The summed E-state index contributed by atoms with van der Waals surface area (Å²) in [4.78, 5) is 0. The van der Waals surface area contributed by atoms with Crippen LogP contribution < -0.4 is 0 Å². The van der Waals surface area contributed by atoms with E-state index >= 15 is 0 Å². The van der Waals surface area contributed by atoms with Crippen molar-refractivity contribution in [3.8, 4) is 27.9 Å². The van der Waals surface area contributed by atoms with E-state index in [1.807, 2.05) is 0 Å². The van der Waals surface area contributed by atoms with E-state index in [9.17, 15) is 0 Å². The second-order valence-corrected chi connectivity index (χ2v) is 9.85. The molecule has 0 unspecified atom stereocenters. The lowest BCUT2D eigenvalue weighted by Gasteiger charge is -2.21. The van der Waals surface area contributed by atoms with Crippen molar-refractivity contribution in [2.75, 3.05) is 0 Å². The van der Waals surface area contributed by atoms with Crippen LogP contribution in [-0.4, -0.2) is 4.57 Å². The Labute approximate surface area is 199 Å².